The van der Waals surface area contributed by atoms with Crippen LogP contribution in [0.5, 0.6) is 0 Å². The molecule has 0 atom stereocenters. The molecule has 0 bridgehead atoms. The Bertz CT molecular complexity index is 1490. The molecule has 0 saturated carbocycles. The number of benzene rings is 3. The summed E-state index contributed by atoms with van der Waals surface area (Å²) in [4.78, 5) is 38.7. The van der Waals surface area contributed by atoms with Crippen LogP contribution < -0.4 is 5.32 Å². The number of carbonyl (C=O) groups is 3. The van der Waals surface area contributed by atoms with Crippen molar-refractivity contribution < 1.29 is 19.5 Å². The first-order valence-electron chi connectivity index (χ1n) is 12.0. The molecule has 2 amide bonds. The Morgan fingerprint density at radius 1 is 1.03 bits per heavy atom. The van der Waals surface area contributed by atoms with Crippen molar-refractivity contribution >= 4 is 41.1 Å². The van der Waals surface area contributed by atoms with Crippen molar-refractivity contribution in [3.63, 3.8) is 0 Å². The van der Waals surface area contributed by atoms with E-state index in [-0.39, 0.29) is 18.7 Å². The second-order valence-electron chi connectivity index (χ2n) is 8.59. The Kier molecular flexibility index (Phi) is 8.80. The van der Waals surface area contributed by atoms with Gasteiger partial charge in [-0.2, -0.15) is 4.68 Å². The fraction of sp³-hybridized carbons (Fsp3) is 0.143. The summed E-state index contributed by atoms with van der Waals surface area (Å²) < 4.78 is 1.45. The van der Waals surface area contributed by atoms with Gasteiger partial charge in [-0.3, -0.25) is 9.59 Å². The maximum absolute atomic E-state index is 13.3. The van der Waals surface area contributed by atoms with Gasteiger partial charge in [0.1, 0.15) is 12.9 Å². The molecule has 198 valence electrons. The van der Waals surface area contributed by atoms with Crippen LogP contribution in [-0.4, -0.2) is 54.5 Å². The number of rotatable bonds is 10. The summed E-state index contributed by atoms with van der Waals surface area (Å²) in [6.45, 7) is 2.03. The van der Waals surface area contributed by atoms with Gasteiger partial charge in [0.2, 0.25) is 11.8 Å². The lowest BCUT2D eigenvalue weighted by molar-refractivity contribution is -0.131. The highest BCUT2D eigenvalue weighted by molar-refractivity contribution is 6.30. The predicted octanol–water partition coefficient (Wildman–Crippen LogP) is 4.26. The molecule has 0 saturated heterocycles. The van der Waals surface area contributed by atoms with E-state index in [0.29, 0.717) is 22.0 Å². The van der Waals surface area contributed by atoms with Crippen LogP contribution in [0, 0.1) is 0 Å². The Hall–Kier alpha value is -4.83. The van der Waals surface area contributed by atoms with E-state index < -0.39 is 17.8 Å². The molecule has 0 fully saturated rings. The minimum absolute atomic E-state index is 0.104. The van der Waals surface area contributed by atoms with Crippen LogP contribution >= 0.6 is 11.6 Å². The summed E-state index contributed by atoms with van der Waals surface area (Å²) in [6, 6.07) is 18.7. The number of aromatic nitrogens is 4. The van der Waals surface area contributed by atoms with Gasteiger partial charge in [0.25, 0.3) is 0 Å². The molecular formula is C28H25ClN6O4. The first kappa shape index (κ1) is 27.2. The fourth-order valence-corrected chi connectivity index (χ4v) is 3.97. The number of carboxylic acid groups (broad SMARTS) is 1. The van der Waals surface area contributed by atoms with Gasteiger partial charge in [0.15, 0.2) is 0 Å². The third-order valence-electron chi connectivity index (χ3n) is 5.86. The summed E-state index contributed by atoms with van der Waals surface area (Å²) >= 11 is 6.19. The summed E-state index contributed by atoms with van der Waals surface area (Å²) in [7, 11) is 0. The molecule has 0 spiro atoms. The number of hydrogen-bond acceptors (Lipinski definition) is 6. The highest BCUT2D eigenvalue weighted by Crippen LogP contribution is 2.21. The highest BCUT2D eigenvalue weighted by Gasteiger charge is 2.17. The number of nitrogens with one attached hydrogen (secondary N) is 1. The number of amides is 2. The maximum Gasteiger partial charge on any atom is 0.335 e. The Morgan fingerprint density at radius 2 is 1.74 bits per heavy atom. The average molecular weight is 545 g/mol. The SMILES string of the molecule is CCc1ccc(CN(CC(=O)Nc2ccc(C(=O)O)cc2)C(=O)/C=C/c2cc(Cl)ccc2-n2cnnn2)cc1. The van der Waals surface area contributed by atoms with E-state index in [1.807, 2.05) is 24.3 Å². The summed E-state index contributed by atoms with van der Waals surface area (Å²) in [5, 5.41) is 23.5. The van der Waals surface area contributed by atoms with Crippen molar-refractivity contribution in [2.45, 2.75) is 19.9 Å². The van der Waals surface area contributed by atoms with E-state index in [4.69, 9.17) is 16.7 Å². The standard InChI is InChI=1S/C28H25ClN6O4/c1-2-19-3-5-20(6-4-19)16-34(17-26(36)31-24-11-7-21(8-12-24)28(38)39)27(37)14-9-22-15-23(29)10-13-25(22)35-18-30-32-33-35/h3-15,18H,2,16-17H2,1H3,(H,31,36)(H,38,39)/b14-9+. The monoisotopic (exact) mass is 544 g/mol. The largest absolute Gasteiger partial charge is 0.478 e. The molecule has 0 aliphatic rings. The van der Waals surface area contributed by atoms with Crippen molar-refractivity contribution in [3.8, 4) is 5.69 Å². The van der Waals surface area contributed by atoms with Crippen LogP contribution in [-0.2, 0) is 22.6 Å². The van der Waals surface area contributed by atoms with Crippen LogP contribution in [0.15, 0.2) is 79.1 Å². The third kappa shape index (κ3) is 7.36. The van der Waals surface area contributed by atoms with Gasteiger partial charge in [-0.1, -0.05) is 42.8 Å². The Labute approximate surface area is 229 Å². The Morgan fingerprint density at radius 3 is 2.38 bits per heavy atom. The Balaban J connectivity index is 1.55. The maximum atomic E-state index is 13.3. The first-order valence-corrected chi connectivity index (χ1v) is 12.4. The van der Waals surface area contributed by atoms with Gasteiger partial charge >= 0.3 is 5.97 Å². The summed E-state index contributed by atoms with van der Waals surface area (Å²) in [5.74, 6) is -1.89. The number of aromatic carboxylic acids is 1. The molecule has 0 aliphatic carbocycles. The number of carboxylic acids is 1. The molecule has 2 N–H and O–H groups in total. The lowest BCUT2D eigenvalue weighted by Crippen LogP contribution is -2.36. The number of aryl methyl sites for hydroxylation is 1. The van der Waals surface area contributed by atoms with Crippen LogP contribution in [0.4, 0.5) is 5.69 Å². The third-order valence-corrected chi connectivity index (χ3v) is 6.09. The molecule has 10 nitrogen and oxygen atoms in total. The number of halogens is 1. The zero-order valence-electron chi connectivity index (χ0n) is 21.0. The minimum Gasteiger partial charge on any atom is -0.478 e. The molecule has 11 heteroatoms. The summed E-state index contributed by atoms with van der Waals surface area (Å²) in [6.07, 6.45) is 5.29. The zero-order chi connectivity index (χ0) is 27.8. The number of anilines is 1. The quantitative estimate of drug-likeness (QED) is 0.285. The number of tetrazole rings is 1. The second-order valence-corrected chi connectivity index (χ2v) is 9.02. The van der Waals surface area contributed by atoms with Crippen molar-refractivity contribution in [1.82, 2.24) is 25.1 Å². The number of carbonyl (C=O) groups excluding carboxylic acids is 2. The van der Waals surface area contributed by atoms with E-state index in [1.165, 1.54) is 46.3 Å². The van der Waals surface area contributed by atoms with Crippen molar-refractivity contribution in [2.75, 3.05) is 11.9 Å². The highest BCUT2D eigenvalue weighted by atomic mass is 35.5. The lowest BCUT2D eigenvalue weighted by Gasteiger charge is -2.21. The van der Waals surface area contributed by atoms with Crippen LogP contribution in [0.2, 0.25) is 5.02 Å². The van der Waals surface area contributed by atoms with Gasteiger partial charge in [0.05, 0.1) is 11.3 Å². The zero-order valence-corrected chi connectivity index (χ0v) is 21.7. The molecule has 1 aromatic heterocycles. The van der Waals surface area contributed by atoms with Crippen LogP contribution in [0.1, 0.15) is 34.0 Å². The van der Waals surface area contributed by atoms with Gasteiger partial charge in [-0.25, -0.2) is 4.79 Å². The van der Waals surface area contributed by atoms with E-state index in [9.17, 15) is 14.4 Å². The van der Waals surface area contributed by atoms with Gasteiger partial charge in [-0.05, 0) is 76.5 Å². The molecular weight excluding hydrogens is 520 g/mol. The molecule has 4 rings (SSSR count). The van der Waals surface area contributed by atoms with Gasteiger partial charge < -0.3 is 15.3 Å². The van der Waals surface area contributed by atoms with Crippen LogP contribution in [0.3, 0.4) is 0 Å². The minimum atomic E-state index is -1.06. The van der Waals surface area contributed by atoms with E-state index in [1.54, 1.807) is 24.3 Å². The molecule has 39 heavy (non-hydrogen) atoms. The van der Waals surface area contributed by atoms with E-state index in [2.05, 4.69) is 27.8 Å². The van der Waals surface area contributed by atoms with Crippen molar-refractivity contribution in [2.24, 2.45) is 0 Å². The summed E-state index contributed by atoms with van der Waals surface area (Å²) in [5.41, 5.74) is 3.79. The van der Waals surface area contributed by atoms with Gasteiger partial charge in [-0.15, -0.1) is 5.10 Å². The predicted molar refractivity (Wildman–Crippen MR) is 146 cm³/mol. The number of hydrogen-bond donors (Lipinski definition) is 2. The lowest BCUT2D eigenvalue weighted by atomic mass is 10.1. The molecule has 0 aliphatic heterocycles. The normalized spacial score (nSPS) is 10.9. The van der Waals surface area contributed by atoms with E-state index in [0.717, 1.165) is 17.5 Å². The van der Waals surface area contributed by atoms with Crippen molar-refractivity contribution in [3.05, 3.63) is 106 Å². The van der Waals surface area contributed by atoms with Crippen LogP contribution in [0.25, 0.3) is 11.8 Å². The molecule has 0 unspecified atom stereocenters. The average Bonchev–Trinajstić information content (AvgIpc) is 3.47. The topological polar surface area (TPSA) is 130 Å². The fourth-order valence-electron chi connectivity index (χ4n) is 3.79. The second kappa shape index (κ2) is 12.6. The smallest absolute Gasteiger partial charge is 0.335 e. The molecule has 1 heterocycles. The first-order chi connectivity index (χ1) is 18.8. The van der Waals surface area contributed by atoms with E-state index >= 15 is 0 Å². The molecule has 3 aromatic carbocycles. The number of nitrogens with zero attached hydrogens (tertiary/aromatic N) is 5. The molecule has 0 radical (unpaired) electrons. The molecule has 4 aromatic rings. The van der Waals surface area contributed by atoms with Gasteiger partial charge in [0, 0.05) is 28.9 Å². The van der Waals surface area contributed by atoms with Crippen molar-refractivity contribution in [1.29, 1.82) is 0 Å².